The number of benzene rings is 3. The van der Waals surface area contributed by atoms with E-state index in [0.29, 0.717) is 34.6 Å². The van der Waals surface area contributed by atoms with Gasteiger partial charge in [0.15, 0.2) is 5.75 Å². The lowest BCUT2D eigenvalue weighted by atomic mass is 10.1. The lowest BCUT2D eigenvalue weighted by Gasteiger charge is -2.13. The molecule has 0 bridgehead atoms. The molecule has 0 atom stereocenters. The van der Waals surface area contributed by atoms with Gasteiger partial charge < -0.3 is 19.3 Å². The van der Waals surface area contributed by atoms with Crippen molar-refractivity contribution in [3.63, 3.8) is 0 Å². The predicted octanol–water partition coefficient (Wildman–Crippen LogP) is 6.50. The molecule has 6 nitrogen and oxygen atoms in total. The van der Waals surface area contributed by atoms with Gasteiger partial charge in [-0.15, -0.1) is 0 Å². The van der Waals surface area contributed by atoms with E-state index >= 15 is 0 Å². The average molecular weight is 463 g/mol. The van der Waals surface area contributed by atoms with Crippen LogP contribution in [0.4, 0.5) is 5.69 Å². The van der Waals surface area contributed by atoms with Gasteiger partial charge in [-0.3, -0.25) is 4.79 Å². The summed E-state index contributed by atoms with van der Waals surface area (Å²) >= 11 is 6.19. The number of halogens is 1. The highest BCUT2D eigenvalue weighted by atomic mass is 35.5. The van der Waals surface area contributed by atoms with Gasteiger partial charge in [-0.1, -0.05) is 53.2 Å². The van der Waals surface area contributed by atoms with Crippen molar-refractivity contribution in [2.24, 2.45) is 0 Å². The molecule has 0 aliphatic rings. The molecule has 0 radical (unpaired) electrons. The molecule has 1 aromatic heterocycles. The van der Waals surface area contributed by atoms with Gasteiger partial charge >= 0.3 is 0 Å². The van der Waals surface area contributed by atoms with Crippen molar-refractivity contribution in [3.8, 4) is 17.2 Å². The summed E-state index contributed by atoms with van der Waals surface area (Å²) in [6, 6.07) is 21.9. The van der Waals surface area contributed by atoms with Crippen molar-refractivity contribution in [1.29, 1.82) is 0 Å². The second kappa shape index (κ2) is 10.2. The number of anilines is 1. The Morgan fingerprint density at radius 3 is 2.36 bits per heavy atom. The van der Waals surface area contributed by atoms with Gasteiger partial charge in [0, 0.05) is 0 Å². The molecule has 4 rings (SSSR count). The van der Waals surface area contributed by atoms with Crippen LogP contribution >= 0.6 is 11.6 Å². The number of aromatic nitrogens is 1. The Morgan fingerprint density at radius 1 is 0.970 bits per heavy atom. The fourth-order valence-corrected chi connectivity index (χ4v) is 3.43. The molecule has 33 heavy (non-hydrogen) atoms. The van der Waals surface area contributed by atoms with Crippen molar-refractivity contribution in [3.05, 3.63) is 100 Å². The Labute approximate surface area is 197 Å². The van der Waals surface area contributed by atoms with Crippen LogP contribution in [0.3, 0.4) is 0 Å². The summed E-state index contributed by atoms with van der Waals surface area (Å²) in [6.07, 6.45) is 0.213. The van der Waals surface area contributed by atoms with Gasteiger partial charge in [0.05, 0.1) is 28.4 Å². The third-order valence-electron chi connectivity index (χ3n) is 5.07. The van der Waals surface area contributed by atoms with Crippen LogP contribution in [0.25, 0.3) is 0 Å². The Bertz CT molecular complexity index is 1230. The Balaban J connectivity index is 1.36. The number of rotatable bonds is 8. The Morgan fingerprint density at radius 2 is 1.67 bits per heavy atom. The minimum absolute atomic E-state index is 0.158. The maximum atomic E-state index is 12.7. The first-order valence-electron chi connectivity index (χ1n) is 10.4. The molecule has 3 aromatic carbocycles. The smallest absolute Gasteiger partial charge is 0.228 e. The number of aryl methyl sites for hydroxylation is 2. The summed E-state index contributed by atoms with van der Waals surface area (Å²) in [7, 11) is 0. The number of ether oxygens (including phenoxy) is 2. The first kappa shape index (κ1) is 22.4. The van der Waals surface area contributed by atoms with Crippen LogP contribution in [-0.2, 0) is 17.8 Å². The quantitative estimate of drug-likeness (QED) is 0.323. The van der Waals surface area contributed by atoms with Gasteiger partial charge in [-0.25, -0.2) is 0 Å². The topological polar surface area (TPSA) is 73.6 Å². The predicted molar refractivity (Wildman–Crippen MR) is 127 cm³/mol. The molecule has 0 spiro atoms. The maximum Gasteiger partial charge on any atom is 0.228 e. The summed E-state index contributed by atoms with van der Waals surface area (Å²) in [6.45, 7) is 4.12. The van der Waals surface area contributed by atoms with Crippen molar-refractivity contribution in [1.82, 2.24) is 5.16 Å². The maximum absolute atomic E-state index is 12.7. The van der Waals surface area contributed by atoms with E-state index in [4.69, 9.17) is 25.6 Å². The number of amides is 1. The minimum atomic E-state index is -0.158. The molecule has 0 saturated carbocycles. The van der Waals surface area contributed by atoms with Crippen molar-refractivity contribution < 1.29 is 18.8 Å². The van der Waals surface area contributed by atoms with Crippen LogP contribution < -0.4 is 14.8 Å². The lowest BCUT2D eigenvalue weighted by molar-refractivity contribution is -0.115. The summed E-state index contributed by atoms with van der Waals surface area (Å²) in [5.41, 5.74) is 3.19. The molecule has 0 aliphatic heterocycles. The summed E-state index contributed by atoms with van der Waals surface area (Å²) < 4.78 is 16.9. The second-order valence-corrected chi connectivity index (χ2v) is 7.90. The third kappa shape index (κ3) is 5.73. The van der Waals surface area contributed by atoms with Crippen LogP contribution in [0.15, 0.2) is 77.3 Å². The molecule has 1 amide bonds. The zero-order chi connectivity index (χ0) is 23.2. The van der Waals surface area contributed by atoms with E-state index in [1.807, 2.05) is 62.4 Å². The van der Waals surface area contributed by atoms with E-state index in [9.17, 15) is 4.79 Å². The van der Waals surface area contributed by atoms with Crippen LogP contribution in [0, 0.1) is 13.8 Å². The van der Waals surface area contributed by atoms with Crippen LogP contribution in [0.1, 0.15) is 22.6 Å². The molecule has 0 unspecified atom stereocenters. The fourth-order valence-electron chi connectivity index (χ4n) is 3.25. The van der Waals surface area contributed by atoms with E-state index in [-0.39, 0.29) is 12.3 Å². The largest absolute Gasteiger partial charge is 0.489 e. The molecule has 0 saturated heterocycles. The summed E-state index contributed by atoms with van der Waals surface area (Å²) in [5.74, 6) is 2.34. The Hall–Kier alpha value is -3.77. The molecule has 1 N–H and O–H groups in total. The Kier molecular flexibility index (Phi) is 6.95. The standard InChI is InChI=1S/C26H23ClN2O4/c1-17-21(18(2)33-29-17)16-31-20-13-11-19(12-14-20)15-26(30)28-23-8-4-6-10-25(23)32-24-9-5-3-7-22(24)27/h3-14H,15-16H2,1-2H3,(H,28,30). The third-order valence-corrected chi connectivity index (χ3v) is 5.38. The molecule has 1 heterocycles. The van der Waals surface area contributed by atoms with Gasteiger partial charge in [-0.05, 0) is 55.8 Å². The van der Waals surface area contributed by atoms with Crippen LogP contribution in [0.5, 0.6) is 17.2 Å². The summed E-state index contributed by atoms with van der Waals surface area (Å²) in [5, 5.41) is 7.34. The van der Waals surface area contributed by atoms with Gasteiger partial charge in [-0.2, -0.15) is 0 Å². The zero-order valence-corrected chi connectivity index (χ0v) is 19.1. The minimum Gasteiger partial charge on any atom is -0.489 e. The number of hydrogen-bond donors (Lipinski definition) is 1. The van der Waals surface area contributed by atoms with Crippen molar-refractivity contribution in [2.45, 2.75) is 26.9 Å². The van der Waals surface area contributed by atoms with E-state index < -0.39 is 0 Å². The molecule has 0 aliphatic carbocycles. The second-order valence-electron chi connectivity index (χ2n) is 7.49. The highest BCUT2D eigenvalue weighted by molar-refractivity contribution is 6.32. The van der Waals surface area contributed by atoms with E-state index in [1.54, 1.807) is 24.3 Å². The van der Waals surface area contributed by atoms with Crippen molar-refractivity contribution >= 4 is 23.2 Å². The first-order valence-corrected chi connectivity index (χ1v) is 10.8. The number of nitrogens with zero attached hydrogens (tertiary/aromatic N) is 1. The SMILES string of the molecule is Cc1noc(C)c1COc1ccc(CC(=O)Nc2ccccc2Oc2ccccc2Cl)cc1. The number of carbonyl (C=O) groups is 1. The average Bonchev–Trinajstić information content (AvgIpc) is 3.13. The monoisotopic (exact) mass is 462 g/mol. The molecular formula is C26H23ClN2O4. The first-order chi connectivity index (χ1) is 16.0. The van der Waals surface area contributed by atoms with Gasteiger partial charge in [0.25, 0.3) is 0 Å². The van der Waals surface area contributed by atoms with E-state index in [1.165, 1.54) is 0 Å². The van der Waals surface area contributed by atoms with Gasteiger partial charge in [0.2, 0.25) is 5.91 Å². The lowest BCUT2D eigenvalue weighted by Crippen LogP contribution is -2.14. The molecule has 168 valence electrons. The number of hydrogen-bond acceptors (Lipinski definition) is 5. The molecule has 4 aromatic rings. The summed E-state index contributed by atoms with van der Waals surface area (Å²) in [4.78, 5) is 12.7. The fraction of sp³-hybridized carbons (Fsp3) is 0.154. The number of nitrogens with one attached hydrogen (secondary N) is 1. The van der Waals surface area contributed by atoms with Crippen LogP contribution in [0.2, 0.25) is 5.02 Å². The number of carbonyl (C=O) groups excluding carboxylic acids is 1. The van der Waals surface area contributed by atoms with E-state index in [0.717, 1.165) is 22.6 Å². The highest BCUT2D eigenvalue weighted by Crippen LogP contribution is 2.33. The molecular weight excluding hydrogens is 440 g/mol. The number of para-hydroxylation sites is 3. The zero-order valence-electron chi connectivity index (χ0n) is 18.3. The molecule has 7 heteroatoms. The normalized spacial score (nSPS) is 10.6. The molecule has 0 fully saturated rings. The van der Waals surface area contributed by atoms with Gasteiger partial charge in [0.1, 0.15) is 23.9 Å². The highest BCUT2D eigenvalue weighted by Gasteiger charge is 2.12. The van der Waals surface area contributed by atoms with Crippen molar-refractivity contribution in [2.75, 3.05) is 5.32 Å². The van der Waals surface area contributed by atoms with Crippen LogP contribution in [-0.4, -0.2) is 11.1 Å². The van der Waals surface area contributed by atoms with E-state index in [2.05, 4.69) is 10.5 Å².